The van der Waals surface area contributed by atoms with Crippen LogP contribution in [0.15, 0.2) is 60.8 Å². The molecule has 0 spiro atoms. The Morgan fingerprint density at radius 2 is 0.809 bits per heavy atom. The number of esters is 1. The van der Waals surface area contributed by atoms with Gasteiger partial charge in [0.1, 0.15) is 0 Å². The molecular formula is C62H113NO5. The van der Waals surface area contributed by atoms with Crippen LogP contribution < -0.4 is 5.32 Å². The lowest BCUT2D eigenvalue weighted by atomic mass is 10.0. The quantitative estimate of drug-likeness (QED) is 0.0244. The fourth-order valence-electron chi connectivity index (χ4n) is 8.72. The van der Waals surface area contributed by atoms with Gasteiger partial charge in [-0.15, -0.1) is 0 Å². The van der Waals surface area contributed by atoms with Gasteiger partial charge >= 0.3 is 5.97 Å². The van der Waals surface area contributed by atoms with Crippen LogP contribution in [-0.2, 0) is 14.3 Å². The van der Waals surface area contributed by atoms with Gasteiger partial charge in [0.15, 0.2) is 0 Å². The molecule has 0 aliphatic heterocycles. The molecule has 0 aliphatic carbocycles. The van der Waals surface area contributed by atoms with Crippen LogP contribution >= 0.6 is 0 Å². The molecule has 2 unspecified atom stereocenters. The number of hydrogen-bond acceptors (Lipinski definition) is 5. The van der Waals surface area contributed by atoms with Crippen LogP contribution in [0.3, 0.4) is 0 Å². The number of amides is 1. The Labute approximate surface area is 422 Å². The van der Waals surface area contributed by atoms with E-state index in [4.69, 9.17) is 4.74 Å². The van der Waals surface area contributed by atoms with Crippen molar-refractivity contribution in [3.63, 3.8) is 0 Å². The van der Waals surface area contributed by atoms with E-state index in [2.05, 4.69) is 67.8 Å². The number of carbonyl (C=O) groups excluding carboxylic acids is 2. The molecule has 0 saturated carbocycles. The molecule has 0 saturated heterocycles. The van der Waals surface area contributed by atoms with E-state index in [9.17, 15) is 19.8 Å². The number of rotatable bonds is 54. The number of carbonyl (C=O) groups is 2. The smallest absolute Gasteiger partial charge is 0.305 e. The van der Waals surface area contributed by atoms with Gasteiger partial charge in [-0.2, -0.15) is 0 Å². The molecule has 0 fully saturated rings. The number of aliphatic hydroxyl groups excluding tert-OH is 2. The lowest BCUT2D eigenvalue weighted by Gasteiger charge is -2.20. The largest absolute Gasteiger partial charge is 0.466 e. The molecule has 0 aromatic heterocycles. The second-order valence-corrected chi connectivity index (χ2v) is 20.0. The van der Waals surface area contributed by atoms with Crippen LogP contribution in [0.25, 0.3) is 0 Å². The highest BCUT2D eigenvalue weighted by molar-refractivity contribution is 5.76. The van der Waals surface area contributed by atoms with Gasteiger partial charge in [0.2, 0.25) is 5.91 Å². The highest BCUT2D eigenvalue weighted by atomic mass is 16.5. The van der Waals surface area contributed by atoms with Gasteiger partial charge in [-0.25, -0.2) is 0 Å². The first-order valence-corrected chi connectivity index (χ1v) is 29.6. The molecule has 6 nitrogen and oxygen atoms in total. The fourth-order valence-corrected chi connectivity index (χ4v) is 8.72. The summed E-state index contributed by atoms with van der Waals surface area (Å²) < 4.78 is 5.43. The second kappa shape index (κ2) is 57.1. The molecule has 0 aromatic carbocycles. The molecule has 0 aliphatic rings. The van der Waals surface area contributed by atoms with E-state index in [1.165, 1.54) is 180 Å². The molecule has 6 heteroatoms. The zero-order valence-electron chi connectivity index (χ0n) is 45.1. The fraction of sp³-hybridized carbons (Fsp3) is 0.806. The number of hydrogen-bond donors (Lipinski definition) is 3. The highest BCUT2D eigenvalue weighted by Gasteiger charge is 2.18. The summed E-state index contributed by atoms with van der Waals surface area (Å²) in [5.74, 6) is -0.129. The van der Waals surface area contributed by atoms with Crippen molar-refractivity contribution in [2.24, 2.45) is 0 Å². The highest BCUT2D eigenvalue weighted by Crippen LogP contribution is 2.16. The SMILES string of the molecule is CCC/C=C\C/C=C\CCCCCCCC(=O)OCCCCC/C=C\C=C/CCCCCCCCC(=O)NC(CO)C(O)/C=C/CCCCCCCCCCCCCCCCCCCCCCC. The van der Waals surface area contributed by atoms with Gasteiger partial charge in [-0.1, -0.05) is 254 Å². The molecule has 0 rings (SSSR count). The van der Waals surface area contributed by atoms with E-state index in [0.717, 1.165) is 89.9 Å². The van der Waals surface area contributed by atoms with Gasteiger partial charge in [-0.3, -0.25) is 9.59 Å². The number of nitrogens with one attached hydrogen (secondary N) is 1. The third kappa shape index (κ3) is 52.9. The molecule has 0 bridgehead atoms. The Morgan fingerprint density at radius 3 is 1.26 bits per heavy atom. The Balaban J connectivity index is 3.56. The van der Waals surface area contributed by atoms with Crippen LogP contribution in [0.4, 0.5) is 0 Å². The van der Waals surface area contributed by atoms with Crippen LogP contribution in [0.5, 0.6) is 0 Å². The number of allylic oxidation sites excluding steroid dienone is 9. The van der Waals surface area contributed by atoms with Crippen molar-refractivity contribution in [2.45, 2.75) is 309 Å². The Morgan fingerprint density at radius 1 is 0.426 bits per heavy atom. The normalized spacial score (nSPS) is 13.1. The van der Waals surface area contributed by atoms with Crippen LogP contribution in [0.1, 0.15) is 296 Å². The Hall–Kier alpha value is -2.44. The first kappa shape index (κ1) is 65.6. The average molecular weight is 953 g/mol. The molecular weight excluding hydrogens is 839 g/mol. The van der Waals surface area contributed by atoms with Gasteiger partial charge in [0.05, 0.1) is 25.4 Å². The zero-order valence-corrected chi connectivity index (χ0v) is 45.1. The van der Waals surface area contributed by atoms with Gasteiger partial charge < -0.3 is 20.3 Å². The van der Waals surface area contributed by atoms with E-state index < -0.39 is 12.1 Å². The molecule has 0 aromatic rings. The number of unbranched alkanes of at least 4 members (excludes halogenated alkanes) is 36. The number of ether oxygens (including phenoxy) is 1. The summed E-state index contributed by atoms with van der Waals surface area (Å²) in [4.78, 5) is 24.5. The van der Waals surface area contributed by atoms with E-state index in [1.54, 1.807) is 6.08 Å². The zero-order chi connectivity index (χ0) is 49.3. The van der Waals surface area contributed by atoms with Crippen molar-refractivity contribution < 1.29 is 24.5 Å². The topological polar surface area (TPSA) is 95.9 Å². The van der Waals surface area contributed by atoms with Crippen LogP contribution in [-0.4, -0.2) is 47.4 Å². The van der Waals surface area contributed by atoms with Gasteiger partial charge in [0.25, 0.3) is 0 Å². The summed E-state index contributed by atoms with van der Waals surface area (Å²) in [5, 5.41) is 23.2. The van der Waals surface area contributed by atoms with Gasteiger partial charge in [0, 0.05) is 12.8 Å². The predicted molar refractivity (Wildman–Crippen MR) is 296 cm³/mol. The third-order valence-corrected chi connectivity index (χ3v) is 13.3. The second-order valence-electron chi connectivity index (χ2n) is 20.0. The Bertz CT molecular complexity index is 1190. The first-order valence-electron chi connectivity index (χ1n) is 29.6. The molecule has 0 heterocycles. The summed E-state index contributed by atoms with van der Waals surface area (Å²) in [7, 11) is 0. The van der Waals surface area contributed by atoms with Crippen molar-refractivity contribution in [1.29, 1.82) is 0 Å². The molecule has 68 heavy (non-hydrogen) atoms. The van der Waals surface area contributed by atoms with Gasteiger partial charge in [-0.05, 0) is 89.9 Å². The first-order chi connectivity index (χ1) is 33.5. The lowest BCUT2D eigenvalue weighted by molar-refractivity contribution is -0.143. The van der Waals surface area contributed by atoms with E-state index >= 15 is 0 Å². The van der Waals surface area contributed by atoms with Crippen LogP contribution in [0.2, 0.25) is 0 Å². The summed E-state index contributed by atoms with van der Waals surface area (Å²) in [6, 6.07) is -0.647. The van der Waals surface area contributed by atoms with Crippen molar-refractivity contribution in [3.05, 3.63) is 60.8 Å². The molecule has 2 atom stereocenters. The monoisotopic (exact) mass is 952 g/mol. The molecule has 3 N–H and O–H groups in total. The predicted octanol–water partition coefficient (Wildman–Crippen LogP) is 18.4. The molecule has 1 amide bonds. The number of aliphatic hydroxyl groups is 2. The maximum atomic E-state index is 12.5. The minimum absolute atomic E-state index is 0.0386. The molecule has 396 valence electrons. The van der Waals surface area contributed by atoms with E-state index in [-0.39, 0.29) is 18.5 Å². The summed E-state index contributed by atoms with van der Waals surface area (Å²) in [6.45, 7) is 4.78. The standard InChI is InChI=1S/C62H113NO5/c1-3-5-7-9-11-13-15-17-18-19-20-21-22-23-24-25-27-31-34-38-42-46-50-54-60(65)59(58-64)63-61(66)55-51-47-43-39-35-32-28-26-29-33-37-41-45-49-53-57-68-62(67)56-52-48-44-40-36-30-16-14-12-10-8-6-4-2/h8,10,14,16,26,29,33,37,50,54,59-60,64-65H,3-7,9,11-13,15,17-25,27-28,30-32,34-36,38-49,51-53,55-58H2,1-2H3,(H,63,66)/b10-8-,16-14-,29-26-,37-33-,54-50+. The third-order valence-electron chi connectivity index (χ3n) is 13.3. The summed E-state index contributed by atoms with van der Waals surface area (Å²) in [6.07, 6.45) is 73.9. The summed E-state index contributed by atoms with van der Waals surface area (Å²) >= 11 is 0. The van der Waals surface area contributed by atoms with Crippen molar-refractivity contribution in [2.75, 3.05) is 13.2 Å². The lowest BCUT2D eigenvalue weighted by Crippen LogP contribution is -2.45. The maximum Gasteiger partial charge on any atom is 0.305 e. The minimum Gasteiger partial charge on any atom is -0.466 e. The minimum atomic E-state index is -0.862. The van der Waals surface area contributed by atoms with E-state index in [0.29, 0.717) is 19.4 Å². The van der Waals surface area contributed by atoms with Crippen molar-refractivity contribution in [1.82, 2.24) is 5.32 Å². The van der Waals surface area contributed by atoms with E-state index in [1.807, 2.05) is 6.08 Å². The molecule has 0 radical (unpaired) electrons. The Kier molecular flexibility index (Phi) is 55.1. The average Bonchev–Trinajstić information content (AvgIpc) is 3.34. The van der Waals surface area contributed by atoms with Crippen molar-refractivity contribution >= 4 is 11.9 Å². The van der Waals surface area contributed by atoms with Crippen LogP contribution in [0, 0.1) is 0 Å². The summed E-state index contributed by atoms with van der Waals surface area (Å²) in [5.41, 5.74) is 0. The maximum absolute atomic E-state index is 12.5. The van der Waals surface area contributed by atoms with Crippen molar-refractivity contribution in [3.8, 4) is 0 Å².